The van der Waals surface area contributed by atoms with Gasteiger partial charge in [0.05, 0.1) is 6.04 Å². The summed E-state index contributed by atoms with van der Waals surface area (Å²) in [6.45, 7) is 6.68. The molecule has 3 aliphatic rings. The van der Waals surface area contributed by atoms with E-state index in [9.17, 15) is 18.0 Å². The molecule has 0 N–H and O–H groups in total. The third kappa shape index (κ3) is 3.71. The maximum absolute atomic E-state index is 13.3. The van der Waals surface area contributed by atoms with Crippen molar-refractivity contribution in [3.63, 3.8) is 0 Å². The van der Waals surface area contributed by atoms with Crippen LogP contribution >= 0.6 is 0 Å². The first-order chi connectivity index (χ1) is 12.4. The summed E-state index contributed by atoms with van der Waals surface area (Å²) < 4.78 is 46.6. The fourth-order valence-corrected chi connectivity index (χ4v) is 3.93. The van der Waals surface area contributed by atoms with E-state index in [-0.39, 0.29) is 23.1 Å². The molecule has 5 nitrogen and oxygen atoms in total. The molecule has 1 spiro atoms. The number of allylic oxidation sites excluding steroid dienone is 1. The summed E-state index contributed by atoms with van der Waals surface area (Å²) in [5.74, 6) is 0. The Balaban J connectivity index is 1.39. The first-order valence-electron chi connectivity index (χ1n) is 9.28. The summed E-state index contributed by atoms with van der Waals surface area (Å²) in [4.78, 5) is 13.7. The van der Waals surface area contributed by atoms with Crippen molar-refractivity contribution < 1.29 is 22.7 Å². The van der Waals surface area contributed by atoms with E-state index in [4.69, 9.17) is 4.74 Å². The van der Waals surface area contributed by atoms with Gasteiger partial charge in [0, 0.05) is 30.3 Å². The molecule has 148 valence electrons. The van der Waals surface area contributed by atoms with Crippen LogP contribution in [0.3, 0.4) is 0 Å². The van der Waals surface area contributed by atoms with Crippen LogP contribution in [0.1, 0.15) is 63.8 Å². The molecule has 0 atom stereocenters. The van der Waals surface area contributed by atoms with Crippen molar-refractivity contribution in [1.82, 2.24) is 14.7 Å². The minimum Gasteiger partial charge on any atom is -0.444 e. The van der Waals surface area contributed by atoms with Gasteiger partial charge in [0.25, 0.3) is 0 Å². The number of aromatic nitrogens is 2. The number of ether oxygens (including phenoxy) is 1. The van der Waals surface area contributed by atoms with E-state index in [1.807, 2.05) is 20.8 Å². The van der Waals surface area contributed by atoms with Gasteiger partial charge in [-0.1, -0.05) is 11.6 Å². The molecular weight excluding hydrogens is 359 g/mol. The van der Waals surface area contributed by atoms with Crippen LogP contribution in [0.15, 0.2) is 11.8 Å². The third-order valence-electron chi connectivity index (χ3n) is 5.22. The van der Waals surface area contributed by atoms with Crippen LogP contribution in [-0.2, 0) is 10.9 Å². The van der Waals surface area contributed by atoms with Gasteiger partial charge in [-0.05, 0) is 46.5 Å². The van der Waals surface area contributed by atoms with Gasteiger partial charge in [-0.2, -0.15) is 18.3 Å². The largest absolute Gasteiger partial charge is 0.444 e. The molecule has 1 amide bonds. The Hall–Kier alpha value is -1.99. The number of amides is 1. The van der Waals surface area contributed by atoms with Crippen molar-refractivity contribution in [2.45, 2.75) is 64.3 Å². The van der Waals surface area contributed by atoms with E-state index in [1.54, 1.807) is 11.0 Å². The fourth-order valence-electron chi connectivity index (χ4n) is 3.93. The van der Waals surface area contributed by atoms with Crippen LogP contribution in [0.5, 0.6) is 0 Å². The van der Waals surface area contributed by atoms with Crippen LogP contribution in [0, 0.1) is 5.41 Å². The second kappa shape index (κ2) is 5.75. The van der Waals surface area contributed by atoms with Crippen molar-refractivity contribution in [2.24, 2.45) is 5.41 Å². The average Bonchev–Trinajstić information content (AvgIpc) is 3.17. The van der Waals surface area contributed by atoms with E-state index >= 15 is 0 Å². The lowest BCUT2D eigenvalue weighted by Crippen LogP contribution is -2.62. The van der Waals surface area contributed by atoms with Gasteiger partial charge >= 0.3 is 12.3 Å². The predicted octanol–water partition coefficient (Wildman–Crippen LogP) is 4.65. The Kier molecular flexibility index (Phi) is 3.92. The molecular formula is C19H24F3N3O2. The number of hydrogen-bond donors (Lipinski definition) is 0. The molecule has 1 aliphatic heterocycles. The van der Waals surface area contributed by atoms with E-state index < -0.39 is 17.5 Å². The number of rotatable bonds is 2. The third-order valence-corrected chi connectivity index (χ3v) is 5.22. The molecule has 2 aliphatic carbocycles. The SMILES string of the molecule is CC(C)(C)OC(=O)N1CC2(CC(=Cc3cn(C4CC4)nc3C(F)(F)F)C2)C1. The molecule has 8 heteroatoms. The van der Waals surface area contributed by atoms with Crippen LogP contribution in [0.2, 0.25) is 0 Å². The van der Waals surface area contributed by atoms with Crippen LogP contribution in [0.25, 0.3) is 6.08 Å². The van der Waals surface area contributed by atoms with Crippen molar-refractivity contribution in [2.75, 3.05) is 13.1 Å². The Morgan fingerprint density at radius 3 is 2.41 bits per heavy atom. The standard InChI is InChI=1S/C19H24F3N3O2/c1-17(2,3)27-16(26)24-10-18(11-24)7-12(8-18)6-13-9-25(14-4-5-14)23-15(13)19(20,21)22/h6,9,14H,4-5,7-8,10-11H2,1-3H3. The molecule has 0 unspecified atom stereocenters. The Bertz CT molecular complexity index is 784. The lowest BCUT2D eigenvalue weighted by molar-refractivity contribution is -0.141. The molecule has 1 saturated heterocycles. The summed E-state index contributed by atoms with van der Waals surface area (Å²) >= 11 is 0. The maximum atomic E-state index is 13.3. The van der Waals surface area contributed by atoms with Crippen LogP contribution < -0.4 is 0 Å². The highest BCUT2D eigenvalue weighted by Gasteiger charge is 2.52. The van der Waals surface area contributed by atoms with Gasteiger partial charge in [0.2, 0.25) is 0 Å². The lowest BCUT2D eigenvalue weighted by Gasteiger charge is -2.56. The molecule has 2 heterocycles. The summed E-state index contributed by atoms with van der Waals surface area (Å²) in [5, 5.41) is 3.77. The number of likely N-dealkylation sites (tertiary alicyclic amines) is 1. The zero-order chi connectivity index (χ0) is 19.6. The number of nitrogens with zero attached hydrogens (tertiary/aromatic N) is 3. The molecule has 3 fully saturated rings. The van der Waals surface area contributed by atoms with Gasteiger partial charge < -0.3 is 9.64 Å². The second-order valence-electron chi connectivity index (χ2n) is 9.13. The van der Waals surface area contributed by atoms with Crippen LogP contribution in [-0.4, -0.2) is 39.5 Å². The number of hydrogen-bond acceptors (Lipinski definition) is 3. The number of carbonyl (C=O) groups is 1. The highest BCUT2D eigenvalue weighted by molar-refractivity contribution is 5.70. The maximum Gasteiger partial charge on any atom is 0.435 e. The highest BCUT2D eigenvalue weighted by Crippen LogP contribution is 2.52. The molecule has 2 saturated carbocycles. The second-order valence-corrected chi connectivity index (χ2v) is 9.13. The summed E-state index contributed by atoms with van der Waals surface area (Å²) in [5.41, 5.74) is -0.178. The molecule has 0 radical (unpaired) electrons. The summed E-state index contributed by atoms with van der Waals surface area (Å²) in [7, 11) is 0. The first kappa shape index (κ1) is 18.4. The number of carbonyl (C=O) groups excluding carboxylic acids is 1. The molecule has 4 rings (SSSR count). The Morgan fingerprint density at radius 2 is 1.89 bits per heavy atom. The van der Waals surface area contributed by atoms with Gasteiger partial charge in [-0.15, -0.1) is 0 Å². The Morgan fingerprint density at radius 1 is 1.26 bits per heavy atom. The molecule has 27 heavy (non-hydrogen) atoms. The number of halogens is 3. The summed E-state index contributed by atoms with van der Waals surface area (Å²) in [6.07, 6.45) is 1.60. The normalized spacial score (nSPS) is 21.7. The highest BCUT2D eigenvalue weighted by atomic mass is 19.4. The van der Waals surface area contributed by atoms with Crippen molar-refractivity contribution in [3.8, 4) is 0 Å². The van der Waals surface area contributed by atoms with E-state index in [1.165, 1.54) is 10.9 Å². The molecule has 1 aromatic rings. The van der Waals surface area contributed by atoms with Crippen molar-refractivity contribution in [1.29, 1.82) is 0 Å². The van der Waals surface area contributed by atoms with E-state index in [0.29, 0.717) is 13.1 Å². The molecule has 0 aromatic carbocycles. The lowest BCUT2D eigenvalue weighted by atomic mass is 9.60. The first-order valence-corrected chi connectivity index (χ1v) is 9.28. The minimum absolute atomic E-state index is 0.00756. The fraction of sp³-hybridized carbons (Fsp3) is 0.684. The molecule has 1 aromatic heterocycles. The van der Waals surface area contributed by atoms with Crippen LogP contribution in [0.4, 0.5) is 18.0 Å². The van der Waals surface area contributed by atoms with Crippen molar-refractivity contribution in [3.05, 3.63) is 23.0 Å². The summed E-state index contributed by atoms with van der Waals surface area (Å²) in [6, 6.07) is 0.111. The smallest absolute Gasteiger partial charge is 0.435 e. The van der Waals surface area contributed by atoms with Gasteiger partial charge in [0.15, 0.2) is 5.69 Å². The monoisotopic (exact) mass is 383 g/mol. The van der Waals surface area contributed by atoms with E-state index in [2.05, 4.69) is 5.10 Å². The average molecular weight is 383 g/mol. The van der Waals surface area contributed by atoms with Gasteiger partial charge in [-0.25, -0.2) is 4.79 Å². The minimum atomic E-state index is -4.45. The topological polar surface area (TPSA) is 47.4 Å². The molecule has 0 bridgehead atoms. The predicted molar refractivity (Wildman–Crippen MR) is 93.0 cm³/mol. The Labute approximate surface area is 156 Å². The quantitative estimate of drug-likeness (QED) is 0.747. The van der Waals surface area contributed by atoms with Crippen molar-refractivity contribution >= 4 is 12.2 Å². The van der Waals surface area contributed by atoms with E-state index in [0.717, 1.165) is 31.3 Å². The van der Waals surface area contributed by atoms with Gasteiger partial charge in [-0.3, -0.25) is 4.68 Å². The zero-order valence-corrected chi connectivity index (χ0v) is 15.8. The zero-order valence-electron chi connectivity index (χ0n) is 15.8. The number of alkyl halides is 3. The van der Waals surface area contributed by atoms with Gasteiger partial charge in [0.1, 0.15) is 5.60 Å².